The zero-order valence-corrected chi connectivity index (χ0v) is 13.8. The Morgan fingerprint density at radius 3 is 2.75 bits per heavy atom. The van der Waals surface area contributed by atoms with Gasteiger partial charge in [0.15, 0.2) is 0 Å². The second-order valence-corrected chi connectivity index (χ2v) is 6.45. The molecule has 0 amide bonds. The quantitative estimate of drug-likeness (QED) is 0.842. The summed E-state index contributed by atoms with van der Waals surface area (Å²) >= 11 is 3.18. The Hall–Kier alpha value is -0.450. The van der Waals surface area contributed by atoms with Crippen LogP contribution >= 0.6 is 15.9 Å². The summed E-state index contributed by atoms with van der Waals surface area (Å²) in [6.07, 6.45) is 4.97. The highest BCUT2D eigenvalue weighted by Crippen LogP contribution is 2.17. The molecule has 1 aromatic carbocycles. The molecule has 1 aromatic rings. The lowest BCUT2D eigenvalue weighted by molar-refractivity contribution is 0.195. The second-order valence-electron chi connectivity index (χ2n) is 5.60. The molecule has 1 heterocycles. The van der Waals surface area contributed by atoms with Gasteiger partial charge in [-0.3, -0.25) is 0 Å². The summed E-state index contributed by atoms with van der Waals surface area (Å²) in [7, 11) is 0. The Balaban J connectivity index is 1.71. The van der Waals surface area contributed by atoms with Gasteiger partial charge < -0.3 is 10.2 Å². The lowest BCUT2D eigenvalue weighted by atomic mass is 10.0. The predicted octanol–water partition coefficient (Wildman–Crippen LogP) is 3.94. The first kappa shape index (κ1) is 15.9. The Morgan fingerprint density at radius 1 is 1.35 bits per heavy atom. The average molecular weight is 343 g/mol. The van der Waals surface area contributed by atoms with Gasteiger partial charge in [-0.05, 0) is 72.5 Å². The molecule has 0 radical (unpaired) electrons. The highest BCUT2D eigenvalue weighted by molar-refractivity contribution is 9.10. The molecular weight excluding hydrogens is 319 g/mol. The number of halogens is 2. The van der Waals surface area contributed by atoms with Crippen molar-refractivity contribution in [2.75, 3.05) is 19.6 Å². The lowest BCUT2D eigenvalue weighted by Gasteiger charge is -2.32. The average Bonchev–Trinajstić information content (AvgIpc) is 2.47. The molecular formula is C16H24BrFN2. The van der Waals surface area contributed by atoms with Gasteiger partial charge in [0, 0.05) is 12.6 Å². The zero-order chi connectivity index (χ0) is 14.4. The second kappa shape index (κ2) is 8.11. The maximum Gasteiger partial charge on any atom is 0.137 e. The fraction of sp³-hybridized carbons (Fsp3) is 0.625. The molecule has 0 saturated carbocycles. The van der Waals surface area contributed by atoms with Crippen LogP contribution < -0.4 is 5.32 Å². The van der Waals surface area contributed by atoms with E-state index >= 15 is 0 Å². The van der Waals surface area contributed by atoms with Crippen molar-refractivity contribution in [1.82, 2.24) is 10.2 Å². The predicted molar refractivity (Wildman–Crippen MR) is 85.3 cm³/mol. The van der Waals surface area contributed by atoms with E-state index in [9.17, 15) is 4.39 Å². The number of rotatable bonds is 6. The Labute approximate surface area is 129 Å². The molecule has 0 bridgehead atoms. The van der Waals surface area contributed by atoms with Gasteiger partial charge in [-0.2, -0.15) is 0 Å². The monoisotopic (exact) mass is 342 g/mol. The van der Waals surface area contributed by atoms with E-state index < -0.39 is 0 Å². The van der Waals surface area contributed by atoms with Crippen LogP contribution in [0.2, 0.25) is 0 Å². The topological polar surface area (TPSA) is 15.3 Å². The van der Waals surface area contributed by atoms with Crippen LogP contribution in [0.1, 0.15) is 38.2 Å². The van der Waals surface area contributed by atoms with Gasteiger partial charge in [0.1, 0.15) is 5.82 Å². The number of hydrogen-bond acceptors (Lipinski definition) is 2. The fourth-order valence-electron chi connectivity index (χ4n) is 2.65. The van der Waals surface area contributed by atoms with E-state index in [0.29, 0.717) is 10.5 Å². The van der Waals surface area contributed by atoms with E-state index in [2.05, 4.69) is 33.1 Å². The molecule has 1 N–H and O–H groups in total. The number of nitrogens with zero attached hydrogens (tertiary/aromatic N) is 1. The van der Waals surface area contributed by atoms with Crippen LogP contribution in [0.5, 0.6) is 0 Å². The fourth-order valence-corrected chi connectivity index (χ4v) is 2.90. The normalized spacial score (nSPS) is 17.6. The number of benzene rings is 1. The SMILES string of the molecule is CCCCN1CCC(NCc2ccc(Br)c(F)c2)CC1. The molecule has 1 saturated heterocycles. The van der Waals surface area contributed by atoms with Crippen molar-refractivity contribution in [2.45, 2.75) is 45.2 Å². The Kier molecular flexibility index (Phi) is 6.46. The van der Waals surface area contributed by atoms with Gasteiger partial charge >= 0.3 is 0 Å². The van der Waals surface area contributed by atoms with Gasteiger partial charge in [0.2, 0.25) is 0 Å². The molecule has 1 fully saturated rings. The van der Waals surface area contributed by atoms with Crippen LogP contribution in [0, 0.1) is 5.82 Å². The number of unbranched alkanes of at least 4 members (excludes halogenated alkanes) is 1. The van der Waals surface area contributed by atoms with Crippen molar-refractivity contribution < 1.29 is 4.39 Å². The van der Waals surface area contributed by atoms with Crippen molar-refractivity contribution in [1.29, 1.82) is 0 Å². The highest BCUT2D eigenvalue weighted by Gasteiger charge is 2.18. The molecule has 1 aliphatic heterocycles. The van der Waals surface area contributed by atoms with Crippen LogP contribution in [-0.4, -0.2) is 30.6 Å². The molecule has 20 heavy (non-hydrogen) atoms. The molecule has 0 unspecified atom stereocenters. The minimum absolute atomic E-state index is 0.182. The number of likely N-dealkylation sites (tertiary alicyclic amines) is 1. The standard InChI is InChI=1S/C16H24BrFN2/c1-2-3-8-20-9-6-14(7-10-20)19-12-13-4-5-15(17)16(18)11-13/h4-5,11,14,19H,2-3,6-10,12H2,1H3. The van der Waals surface area contributed by atoms with Gasteiger partial charge in [-0.15, -0.1) is 0 Å². The first-order valence-corrected chi connectivity index (χ1v) is 8.38. The van der Waals surface area contributed by atoms with Crippen molar-refractivity contribution in [3.05, 3.63) is 34.1 Å². The molecule has 4 heteroatoms. The summed E-state index contributed by atoms with van der Waals surface area (Å²) in [4.78, 5) is 2.56. The van der Waals surface area contributed by atoms with Crippen molar-refractivity contribution in [3.63, 3.8) is 0 Å². The van der Waals surface area contributed by atoms with Crippen molar-refractivity contribution in [2.24, 2.45) is 0 Å². The molecule has 0 spiro atoms. The molecule has 112 valence electrons. The largest absolute Gasteiger partial charge is 0.310 e. The van der Waals surface area contributed by atoms with Crippen LogP contribution in [0.3, 0.4) is 0 Å². The third-order valence-corrected chi connectivity index (χ3v) is 4.64. The van der Waals surface area contributed by atoms with Crippen LogP contribution in [0.25, 0.3) is 0 Å². The minimum atomic E-state index is -0.182. The number of hydrogen-bond donors (Lipinski definition) is 1. The number of nitrogens with one attached hydrogen (secondary N) is 1. The van der Waals surface area contributed by atoms with Crippen LogP contribution in [-0.2, 0) is 6.54 Å². The van der Waals surface area contributed by atoms with Gasteiger partial charge in [-0.25, -0.2) is 4.39 Å². The molecule has 2 nitrogen and oxygen atoms in total. The van der Waals surface area contributed by atoms with E-state index in [4.69, 9.17) is 0 Å². The lowest BCUT2D eigenvalue weighted by Crippen LogP contribution is -2.42. The maximum absolute atomic E-state index is 13.4. The Bertz CT molecular complexity index is 417. The molecule has 1 aliphatic rings. The number of piperidine rings is 1. The van der Waals surface area contributed by atoms with Gasteiger partial charge in [-0.1, -0.05) is 19.4 Å². The molecule has 0 aromatic heterocycles. The van der Waals surface area contributed by atoms with E-state index in [0.717, 1.165) is 12.1 Å². The molecule has 0 atom stereocenters. The Morgan fingerprint density at radius 2 is 2.10 bits per heavy atom. The van der Waals surface area contributed by atoms with Crippen molar-refractivity contribution >= 4 is 15.9 Å². The van der Waals surface area contributed by atoms with Crippen LogP contribution in [0.4, 0.5) is 4.39 Å². The van der Waals surface area contributed by atoms with E-state index in [-0.39, 0.29) is 5.82 Å². The summed E-state index contributed by atoms with van der Waals surface area (Å²) in [6.45, 7) is 6.61. The first-order valence-electron chi connectivity index (χ1n) is 7.58. The summed E-state index contributed by atoms with van der Waals surface area (Å²) in [5.74, 6) is -0.182. The third kappa shape index (κ3) is 4.83. The van der Waals surface area contributed by atoms with E-state index in [1.54, 1.807) is 12.1 Å². The summed E-state index contributed by atoms with van der Waals surface area (Å²) in [5, 5.41) is 3.55. The van der Waals surface area contributed by atoms with Crippen LogP contribution in [0.15, 0.2) is 22.7 Å². The summed E-state index contributed by atoms with van der Waals surface area (Å²) < 4.78 is 14.0. The summed E-state index contributed by atoms with van der Waals surface area (Å²) in [6, 6.07) is 5.92. The maximum atomic E-state index is 13.4. The van der Waals surface area contributed by atoms with E-state index in [1.807, 2.05) is 6.07 Å². The van der Waals surface area contributed by atoms with Crippen molar-refractivity contribution in [3.8, 4) is 0 Å². The summed E-state index contributed by atoms with van der Waals surface area (Å²) in [5.41, 5.74) is 1.01. The van der Waals surface area contributed by atoms with E-state index in [1.165, 1.54) is 45.3 Å². The third-order valence-electron chi connectivity index (χ3n) is 3.99. The molecule has 0 aliphatic carbocycles. The minimum Gasteiger partial charge on any atom is -0.310 e. The van der Waals surface area contributed by atoms with Gasteiger partial charge in [0.25, 0.3) is 0 Å². The van der Waals surface area contributed by atoms with Gasteiger partial charge in [0.05, 0.1) is 4.47 Å². The smallest absolute Gasteiger partial charge is 0.137 e. The zero-order valence-electron chi connectivity index (χ0n) is 12.2. The highest BCUT2D eigenvalue weighted by atomic mass is 79.9. The molecule has 2 rings (SSSR count). The first-order chi connectivity index (χ1) is 9.69.